The molecular weight excluding hydrogens is 248 g/mol. The van der Waals surface area contributed by atoms with Gasteiger partial charge in [-0.1, -0.05) is 0 Å². The first kappa shape index (κ1) is 12.4. The Kier molecular flexibility index (Phi) is 3.49. The van der Waals surface area contributed by atoms with E-state index >= 15 is 0 Å². The lowest BCUT2D eigenvalue weighted by Gasteiger charge is -2.04. The van der Waals surface area contributed by atoms with Gasteiger partial charge in [-0.3, -0.25) is 4.79 Å². The van der Waals surface area contributed by atoms with Crippen LogP contribution in [0.1, 0.15) is 28.5 Å². The molecule has 0 spiro atoms. The second-order valence-electron chi connectivity index (χ2n) is 3.74. The van der Waals surface area contributed by atoms with Gasteiger partial charge in [-0.2, -0.15) is 5.26 Å². The van der Waals surface area contributed by atoms with Crippen molar-refractivity contribution in [2.75, 3.05) is 0 Å². The number of carbonyl (C=O) groups is 1. The van der Waals surface area contributed by atoms with Crippen LogP contribution in [0.25, 0.3) is 0 Å². The number of hydrogen-bond acceptors (Lipinski definition) is 5. The van der Waals surface area contributed by atoms with Crippen LogP contribution in [0, 0.1) is 18.3 Å². The third-order valence-corrected chi connectivity index (χ3v) is 3.21. The van der Waals surface area contributed by atoms with Gasteiger partial charge in [0.25, 0.3) is 5.22 Å². The summed E-state index contributed by atoms with van der Waals surface area (Å²) in [6, 6.07) is 6.99. The van der Waals surface area contributed by atoms with Crippen molar-refractivity contribution in [1.82, 2.24) is 4.98 Å². The van der Waals surface area contributed by atoms with Crippen LogP contribution in [0.4, 0.5) is 0 Å². The molecule has 0 atom stereocenters. The van der Waals surface area contributed by atoms with Crippen molar-refractivity contribution in [1.29, 1.82) is 5.26 Å². The molecular formula is C13H10N2O2S. The van der Waals surface area contributed by atoms with Gasteiger partial charge in [0.2, 0.25) is 0 Å². The average Bonchev–Trinajstić information content (AvgIpc) is 2.74. The van der Waals surface area contributed by atoms with Crippen LogP contribution in [0.3, 0.4) is 0 Å². The van der Waals surface area contributed by atoms with Gasteiger partial charge >= 0.3 is 0 Å². The lowest BCUT2D eigenvalue weighted by molar-refractivity contribution is 0.101. The fraction of sp³-hybridized carbons (Fsp3) is 0.154. The third kappa shape index (κ3) is 2.60. The summed E-state index contributed by atoms with van der Waals surface area (Å²) >= 11 is 1.24. The molecule has 0 radical (unpaired) electrons. The number of aryl methyl sites for hydroxylation is 1. The summed E-state index contributed by atoms with van der Waals surface area (Å²) in [4.78, 5) is 16.4. The molecule has 0 aliphatic rings. The van der Waals surface area contributed by atoms with E-state index < -0.39 is 0 Å². The highest BCUT2D eigenvalue weighted by molar-refractivity contribution is 7.99. The van der Waals surface area contributed by atoms with Gasteiger partial charge in [-0.25, -0.2) is 4.98 Å². The van der Waals surface area contributed by atoms with E-state index in [9.17, 15) is 4.79 Å². The molecule has 0 saturated heterocycles. The smallest absolute Gasteiger partial charge is 0.260 e. The maximum atomic E-state index is 11.5. The van der Waals surface area contributed by atoms with Gasteiger partial charge in [0.15, 0.2) is 5.78 Å². The molecule has 1 heterocycles. The Labute approximate surface area is 109 Å². The van der Waals surface area contributed by atoms with Gasteiger partial charge in [0.1, 0.15) is 6.26 Å². The predicted molar refractivity (Wildman–Crippen MR) is 66.5 cm³/mol. The summed E-state index contributed by atoms with van der Waals surface area (Å²) < 4.78 is 5.23. The Morgan fingerprint density at radius 3 is 2.83 bits per heavy atom. The van der Waals surface area contributed by atoms with Crippen LogP contribution in [0.2, 0.25) is 0 Å². The first-order valence-electron chi connectivity index (χ1n) is 5.25. The zero-order chi connectivity index (χ0) is 13.1. The Morgan fingerprint density at radius 2 is 2.28 bits per heavy atom. The van der Waals surface area contributed by atoms with Gasteiger partial charge < -0.3 is 4.42 Å². The average molecular weight is 258 g/mol. The number of ketones is 1. The molecule has 90 valence electrons. The van der Waals surface area contributed by atoms with Gasteiger partial charge in [-0.15, -0.1) is 0 Å². The van der Waals surface area contributed by atoms with E-state index in [2.05, 4.69) is 4.98 Å². The van der Waals surface area contributed by atoms with Crippen molar-refractivity contribution in [3.8, 4) is 6.07 Å². The number of rotatable bonds is 3. The first-order chi connectivity index (χ1) is 8.60. The lowest BCUT2D eigenvalue weighted by Crippen LogP contribution is -1.95. The minimum Gasteiger partial charge on any atom is -0.439 e. The molecule has 0 aliphatic heterocycles. The van der Waals surface area contributed by atoms with Crippen LogP contribution in [0.15, 0.2) is 39.0 Å². The van der Waals surface area contributed by atoms with Gasteiger partial charge in [-0.05, 0) is 43.8 Å². The molecule has 2 rings (SSSR count). The number of aromatic nitrogens is 1. The number of nitrogens with zero attached hydrogens (tertiary/aromatic N) is 2. The molecule has 5 heteroatoms. The van der Waals surface area contributed by atoms with Crippen LogP contribution in [-0.2, 0) is 0 Å². The highest BCUT2D eigenvalue weighted by atomic mass is 32.2. The summed E-state index contributed by atoms with van der Waals surface area (Å²) in [5.74, 6) is -0.0507. The van der Waals surface area contributed by atoms with Crippen molar-refractivity contribution in [3.63, 3.8) is 0 Å². The molecule has 0 fully saturated rings. The number of benzene rings is 1. The van der Waals surface area contributed by atoms with E-state index in [1.54, 1.807) is 24.5 Å². The van der Waals surface area contributed by atoms with Crippen LogP contribution in [0.5, 0.6) is 0 Å². The topological polar surface area (TPSA) is 66.9 Å². The van der Waals surface area contributed by atoms with E-state index in [4.69, 9.17) is 9.68 Å². The van der Waals surface area contributed by atoms with Gasteiger partial charge in [0, 0.05) is 10.5 Å². The number of Topliss-reactive ketones (excluding diaryl/α,β-unsaturated/α-hetero) is 1. The molecule has 1 aromatic heterocycles. The summed E-state index contributed by atoms with van der Waals surface area (Å²) in [7, 11) is 0. The van der Waals surface area contributed by atoms with E-state index in [0.29, 0.717) is 21.2 Å². The zero-order valence-electron chi connectivity index (χ0n) is 9.93. The summed E-state index contributed by atoms with van der Waals surface area (Å²) in [6.07, 6.45) is 1.55. The largest absolute Gasteiger partial charge is 0.439 e. The summed E-state index contributed by atoms with van der Waals surface area (Å²) in [5.41, 5.74) is 1.85. The molecule has 1 aromatic carbocycles. The van der Waals surface area contributed by atoms with Crippen LogP contribution in [-0.4, -0.2) is 10.8 Å². The predicted octanol–water partition coefficient (Wildman–Crippen LogP) is 3.21. The number of hydrogen-bond donors (Lipinski definition) is 0. The second kappa shape index (κ2) is 5.07. The monoisotopic (exact) mass is 258 g/mol. The SMILES string of the molecule is CC(=O)c1ccc(C#N)cc1Sc1nc(C)co1. The molecule has 0 amide bonds. The molecule has 0 aliphatic carbocycles. The van der Waals surface area contributed by atoms with E-state index in [1.165, 1.54) is 18.7 Å². The Hall–Kier alpha value is -2.06. The van der Waals surface area contributed by atoms with Crippen molar-refractivity contribution in [3.05, 3.63) is 41.3 Å². The quantitative estimate of drug-likeness (QED) is 0.791. The fourth-order valence-electron chi connectivity index (χ4n) is 1.44. The van der Waals surface area contributed by atoms with Crippen molar-refractivity contribution < 1.29 is 9.21 Å². The fourth-order valence-corrected chi connectivity index (χ4v) is 2.42. The number of nitriles is 1. The molecule has 0 saturated carbocycles. The molecule has 0 bridgehead atoms. The van der Waals surface area contributed by atoms with Crippen molar-refractivity contribution in [2.45, 2.75) is 24.0 Å². The normalized spacial score (nSPS) is 10.1. The number of carbonyl (C=O) groups excluding carboxylic acids is 1. The van der Waals surface area contributed by atoms with E-state index in [0.717, 1.165) is 5.69 Å². The highest BCUT2D eigenvalue weighted by Crippen LogP contribution is 2.30. The third-order valence-electron chi connectivity index (χ3n) is 2.29. The Balaban J connectivity index is 2.41. The van der Waals surface area contributed by atoms with Crippen LogP contribution >= 0.6 is 11.8 Å². The molecule has 4 nitrogen and oxygen atoms in total. The van der Waals surface area contributed by atoms with Crippen LogP contribution < -0.4 is 0 Å². The van der Waals surface area contributed by atoms with E-state index in [1.807, 2.05) is 13.0 Å². The lowest BCUT2D eigenvalue weighted by atomic mass is 10.1. The van der Waals surface area contributed by atoms with Crippen molar-refractivity contribution >= 4 is 17.5 Å². The molecule has 18 heavy (non-hydrogen) atoms. The molecule has 0 N–H and O–H groups in total. The Morgan fingerprint density at radius 1 is 1.50 bits per heavy atom. The highest BCUT2D eigenvalue weighted by Gasteiger charge is 2.12. The minimum absolute atomic E-state index is 0.0507. The molecule has 2 aromatic rings. The minimum atomic E-state index is -0.0507. The maximum Gasteiger partial charge on any atom is 0.260 e. The first-order valence-corrected chi connectivity index (χ1v) is 6.07. The van der Waals surface area contributed by atoms with Gasteiger partial charge in [0.05, 0.1) is 17.3 Å². The summed E-state index contributed by atoms with van der Waals surface area (Å²) in [5, 5.41) is 9.34. The van der Waals surface area contributed by atoms with E-state index in [-0.39, 0.29) is 5.78 Å². The maximum absolute atomic E-state index is 11.5. The number of oxazole rings is 1. The second-order valence-corrected chi connectivity index (χ2v) is 4.73. The molecule has 0 unspecified atom stereocenters. The summed E-state index contributed by atoms with van der Waals surface area (Å²) in [6.45, 7) is 3.32. The van der Waals surface area contributed by atoms with Crippen molar-refractivity contribution in [2.24, 2.45) is 0 Å². The standard InChI is InChI=1S/C13H10N2O2S/c1-8-7-17-13(15-8)18-12-5-10(6-14)3-4-11(12)9(2)16/h3-5,7H,1-2H3. The zero-order valence-corrected chi connectivity index (χ0v) is 10.7. The Bertz CT molecular complexity index is 641.